The highest BCUT2D eigenvalue weighted by molar-refractivity contribution is 7.97. The maximum absolute atomic E-state index is 13.5. The quantitative estimate of drug-likeness (QED) is 0.632. The van der Waals surface area contributed by atoms with Crippen molar-refractivity contribution >= 4 is 11.9 Å². The van der Waals surface area contributed by atoms with Crippen molar-refractivity contribution in [2.75, 3.05) is 19.6 Å². The van der Waals surface area contributed by atoms with Gasteiger partial charge in [0, 0.05) is 43.2 Å². The van der Waals surface area contributed by atoms with Gasteiger partial charge in [0.1, 0.15) is 0 Å². The number of alkyl halides is 1. The normalized spacial score (nSPS) is 31.2. The van der Waals surface area contributed by atoms with E-state index in [0.29, 0.717) is 17.2 Å². The minimum atomic E-state index is -0.838. The molecule has 4 atom stereocenters. The van der Waals surface area contributed by atoms with Crippen molar-refractivity contribution in [2.24, 2.45) is 13.0 Å². The lowest BCUT2D eigenvalue weighted by molar-refractivity contribution is 0.135. The molecule has 0 N–H and O–H groups in total. The molecule has 112 valence electrons. The van der Waals surface area contributed by atoms with Gasteiger partial charge in [-0.2, -0.15) is 5.10 Å². The zero-order chi connectivity index (χ0) is 14.3. The molecule has 4 nitrogen and oxygen atoms in total. The van der Waals surface area contributed by atoms with E-state index in [1.807, 2.05) is 22.2 Å². The van der Waals surface area contributed by atoms with Crippen LogP contribution < -0.4 is 0 Å². The van der Waals surface area contributed by atoms with Gasteiger partial charge in [-0.15, -0.1) is 0 Å². The third-order valence-electron chi connectivity index (χ3n) is 4.56. The highest BCUT2D eigenvalue weighted by Crippen LogP contribution is 2.41. The topological polar surface area (TPSA) is 24.3 Å². The van der Waals surface area contributed by atoms with Gasteiger partial charge in [0.2, 0.25) is 0 Å². The number of fused-ring (bicyclic) bond motifs is 1. The van der Waals surface area contributed by atoms with Crippen LogP contribution in [-0.4, -0.2) is 50.2 Å². The van der Waals surface area contributed by atoms with E-state index in [4.69, 9.17) is 0 Å². The summed E-state index contributed by atoms with van der Waals surface area (Å²) in [6, 6.07) is 0.391. The van der Waals surface area contributed by atoms with Crippen molar-refractivity contribution in [1.29, 1.82) is 0 Å². The largest absolute Gasteiger partial charge is 0.295 e. The van der Waals surface area contributed by atoms with Gasteiger partial charge in [0.15, 0.2) is 6.30 Å². The summed E-state index contributed by atoms with van der Waals surface area (Å²) in [5.41, 5.74) is 1.27. The number of halogens is 1. The number of piperidine rings is 1. The Balaban J connectivity index is 1.64. The molecule has 0 aliphatic carbocycles. The molecule has 2 aliphatic heterocycles. The van der Waals surface area contributed by atoms with Gasteiger partial charge in [0.25, 0.3) is 0 Å². The Morgan fingerprint density at radius 2 is 2.20 bits per heavy atom. The van der Waals surface area contributed by atoms with Crippen LogP contribution in [0.4, 0.5) is 4.39 Å². The molecule has 2 fully saturated rings. The fourth-order valence-electron chi connectivity index (χ4n) is 3.21. The third-order valence-corrected chi connectivity index (χ3v) is 6.08. The molecule has 3 rings (SSSR count). The number of hydrogen-bond acceptors (Lipinski definition) is 4. The second-order valence-electron chi connectivity index (χ2n) is 5.98. The smallest absolute Gasteiger partial charge is 0.159 e. The number of nitrogens with zero attached hydrogens (tertiary/aromatic N) is 4. The summed E-state index contributed by atoms with van der Waals surface area (Å²) < 4.78 is 17.2. The van der Waals surface area contributed by atoms with Crippen LogP contribution in [-0.2, 0) is 7.05 Å². The molecular weight excluding hydrogens is 275 g/mol. The van der Waals surface area contributed by atoms with Crippen LogP contribution in [0.15, 0.2) is 12.4 Å². The second kappa shape index (κ2) is 5.66. The van der Waals surface area contributed by atoms with Crippen LogP contribution in [0.1, 0.15) is 31.9 Å². The molecular formula is C14H23FN4S. The second-order valence-corrected chi connectivity index (χ2v) is 7.27. The van der Waals surface area contributed by atoms with Gasteiger partial charge in [-0.25, -0.2) is 8.70 Å². The molecule has 2 aliphatic rings. The molecule has 0 saturated carbocycles. The molecule has 0 spiro atoms. The molecule has 2 saturated heterocycles. The Bertz CT molecular complexity index is 464. The van der Waals surface area contributed by atoms with Crippen LogP contribution in [0, 0.1) is 5.92 Å². The summed E-state index contributed by atoms with van der Waals surface area (Å²) in [5.74, 6) is 0.649. The van der Waals surface area contributed by atoms with Crippen molar-refractivity contribution < 1.29 is 4.39 Å². The summed E-state index contributed by atoms with van der Waals surface area (Å²) in [6.07, 6.45) is 4.38. The standard InChI is InChI=1S/C14H23FN4S/c1-10(13-6-16-17(3)7-13)18-5-4-12-8-19(11(2)15)20-14(12)9-18/h6-7,10-12,14H,4-5,8-9H2,1-3H3/t10-,11?,12-,14-/m1/s1. The monoisotopic (exact) mass is 298 g/mol. The summed E-state index contributed by atoms with van der Waals surface area (Å²) in [6.45, 7) is 6.94. The van der Waals surface area contributed by atoms with Crippen LogP contribution in [0.2, 0.25) is 0 Å². The first-order chi connectivity index (χ1) is 9.54. The molecule has 0 aromatic carbocycles. The lowest BCUT2D eigenvalue weighted by Gasteiger charge is -2.37. The van der Waals surface area contributed by atoms with Crippen LogP contribution in [0.3, 0.4) is 0 Å². The average Bonchev–Trinajstić information content (AvgIpc) is 3.02. The Hall–Kier alpha value is -0.590. The molecule has 3 heterocycles. The molecule has 0 bridgehead atoms. The predicted octanol–water partition coefficient (Wildman–Crippen LogP) is 2.45. The summed E-state index contributed by atoms with van der Waals surface area (Å²) in [5, 5.41) is 4.80. The van der Waals surface area contributed by atoms with E-state index in [2.05, 4.69) is 23.1 Å². The number of hydrogen-bond donors (Lipinski definition) is 0. The summed E-state index contributed by atoms with van der Waals surface area (Å²) in [4.78, 5) is 2.51. The third kappa shape index (κ3) is 2.73. The van der Waals surface area contributed by atoms with Crippen molar-refractivity contribution in [3.05, 3.63) is 18.0 Å². The molecule has 0 radical (unpaired) electrons. The van der Waals surface area contributed by atoms with Gasteiger partial charge in [0.05, 0.1) is 6.20 Å². The lowest BCUT2D eigenvalue weighted by atomic mass is 9.94. The lowest BCUT2D eigenvalue weighted by Crippen LogP contribution is -2.42. The number of rotatable bonds is 3. The van der Waals surface area contributed by atoms with Gasteiger partial charge in [-0.1, -0.05) is 11.9 Å². The maximum Gasteiger partial charge on any atom is 0.159 e. The minimum Gasteiger partial charge on any atom is -0.295 e. The van der Waals surface area contributed by atoms with Gasteiger partial charge >= 0.3 is 0 Å². The van der Waals surface area contributed by atoms with E-state index < -0.39 is 6.30 Å². The number of aromatic nitrogens is 2. The summed E-state index contributed by atoms with van der Waals surface area (Å²) in [7, 11) is 1.95. The van der Waals surface area contributed by atoms with E-state index in [1.54, 1.807) is 18.9 Å². The van der Waals surface area contributed by atoms with E-state index in [-0.39, 0.29) is 0 Å². The highest BCUT2D eigenvalue weighted by Gasteiger charge is 2.40. The fraction of sp³-hybridized carbons (Fsp3) is 0.786. The van der Waals surface area contributed by atoms with E-state index in [1.165, 1.54) is 12.0 Å². The number of likely N-dealkylation sites (tertiary alicyclic amines) is 1. The number of aryl methyl sites for hydroxylation is 1. The van der Waals surface area contributed by atoms with Gasteiger partial charge in [-0.05, 0) is 32.7 Å². The predicted molar refractivity (Wildman–Crippen MR) is 80.0 cm³/mol. The highest BCUT2D eigenvalue weighted by atomic mass is 32.2. The van der Waals surface area contributed by atoms with Crippen molar-refractivity contribution in [2.45, 2.75) is 37.9 Å². The Morgan fingerprint density at radius 3 is 2.85 bits per heavy atom. The van der Waals surface area contributed by atoms with Crippen LogP contribution in [0.25, 0.3) is 0 Å². The minimum absolute atomic E-state index is 0.391. The van der Waals surface area contributed by atoms with Crippen molar-refractivity contribution in [3.63, 3.8) is 0 Å². The van der Waals surface area contributed by atoms with Crippen molar-refractivity contribution in [3.8, 4) is 0 Å². The molecule has 1 aromatic rings. The van der Waals surface area contributed by atoms with Crippen LogP contribution in [0.5, 0.6) is 0 Å². The first-order valence-electron chi connectivity index (χ1n) is 7.34. The van der Waals surface area contributed by atoms with E-state index in [0.717, 1.165) is 19.6 Å². The van der Waals surface area contributed by atoms with Crippen LogP contribution >= 0.6 is 11.9 Å². The molecule has 6 heteroatoms. The Labute approximate surface area is 124 Å². The first kappa shape index (κ1) is 14.4. The Morgan fingerprint density at radius 1 is 1.40 bits per heavy atom. The van der Waals surface area contributed by atoms with E-state index >= 15 is 0 Å². The summed E-state index contributed by atoms with van der Waals surface area (Å²) >= 11 is 1.72. The molecule has 1 unspecified atom stereocenters. The first-order valence-corrected chi connectivity index (χ1v) is 8.18. The zero-order valence-corrected chi connectivity index (χ0v) is 13.2. The fourth-order valence-corrected chi connectivity index (χ4v) is 4.66. The van der Waals surface area contributed by atoms with Gasteiger partial charge in [-0.3, -0.25) is 9.58 Å². The molecule has 0 amide bonds. The zero-order valence-electron chi connectivity index (χ0n) is 12.4. The Kier molecular flexibility index (Phi) is 4.06. The van der Waals surface area contributed by atoms with Crippen molar-refractivity contribution in [1.82, 2.24) is 19.0 Å². The van der Waals surface area contributed by atoms with Gasteiger partial charge < -0.3 is 0 Å². The van der Waals surface area contributed by atoms with E-state index in [9.17, 15) is 4.39 Å². The maximum atomic E-state index is 13.5. The SMILES string of the molecule is CC(F)N1C[C@H]2CCN([C@H](C)c3cnn(C)c3)C[C@H]2S1. The molecule has 1 aromatic heterocycles. The average molecular weight is 298 g/mol. The molecule has 20 heavy (non-hydrogen) atoms.